The van der Waals surface area contributed by atoms with Gasteiger partial charge in [-0.05, 0) is 62.1 Å². The van der Waals surface area contributed by atoms with Gasteiger partial charge in [-0.25, -0.2) is 0 Å². The van der Waals surface area contributed by atoms with Gasteiger partial charge in [-0.15, -0.1) is 0 Å². The lowest BCUT2D eigenvalue weighted by molar-refractivity contribution is -0.151. The molecule has 1 saturated heterocycles. The number of nitrogens with zero attached hydrogens (tertiary/aromatic N) is 1. The van der Waals surface area contributed by atoms with E-state index in [1.54, 1.807) is 4.90 Å². The third-order valence-electron chi connectivity index (χ3n) is 5.29. The van der Waals surface area contributed by atoms with Gasteiger partial charge >= 0.3 is 5.97 Å². The fourth-order valence-electron chi connectivity index (χ4n) is 3.67. The van der Waals surface area contributed by atoms with Crippen molar-refractivity contribution in [3.05, 3.63) is 57.1 Å². The first-order chi connectivity index (χ1) is 14.2. The summed E-state index contributed by atoms with van der Waals surface area (Å²) in [7, 11) is 0. The van der Waals surface area contributed by atoms with Crippen molar-refractivity contribution < 1.29 is 19.1 Å². The van der Waals surface area contributed by atoms with Crippen LogP contribution in [0.15, 0.2) is 34.8 Å². The van der Waals surface area contributed by atoms with Gasteiger partial charge in [-0.1, -0.05) is 34.1 Å². The Kier molecular flexibility index (Phi) is 6.61. The number of hydrogen-bond donors (Lipinski definition) is 1. The van der Waals surface area contributed by atoms with E-state index >= 15 is 0 Å². The van der Waals surface area contributed by atoms with Crippen LogP contribution in [-0.4, -0.2) is 30.9 Å². The molecule has 1 heterocycles. The molecule has 0 saturated carbocycles. The van der Waals surface area contributed by atoms with Crippen molar-refractivity contribution in [2.75, 3.05) is 23.4 Å². The Balaban J connectivity index is 1.59. The van der Waals surface area contributed by atoms with Crippen LogP contribution in [0.5, 0.6) is 0 Å². The molecule has 1 fully saturated rings. The normalized spacial score (nSPS) is 16.0. The number of esters is 1. The number of carbonyl (C=O) groups excluding carboxylic acids is 3. The monoisotopic (exact) mass is 472 g/mol. The largest absolute Gasteiger partial charge is 0.455 e. The second kappa shape index (κ2) is 9.00. The Morgan fingerprint density at radius 1 is 1.10 bits per heavy atom. The Hall–Kier alpha value is -2.67. The van der Waals surface area contributed by atoms with E-state index in [0.717, 1.165) is 32.4 Å². The molecule has 6 nitrogen and oxygen atoms in total. The van der Waals surface area contributed by atoms with E-state index in [9.17, 15) is 14.4 Å². The number of ether oxygens (including phenoxy) is 1. The number of hydrogen-bond acceptors (Lipinski definition) is 4. The van der Waals surface area contributed by atoms with Crippen molar-refractivity contribution in [1.29, 1.82) is 0 Å². The van der Waals surface area contributed by atoms with Gasteiger partial charge in [-0.2, -0.15) is 0 Å². The summed E-state index contributed by atoms with van der Waals surface area (Å²) in [6.45, 7) is 7.57. The summed E-state index contributed by atoms with van der Waals surface area (Å²) in [5.41, 5.74) is 5.38. The summed E-state index contributed by atoms with van der Waals surface area (Å²) in [5, 5.41) is 2.77. The van der Waals surface area contributed by atoms with E-state index in [4.69, 9.17) is 4.74 Å². The molecule has 1 aliphatic heterocycles. The molecule has 0 unspecified atom stereocenters. The predicted octanol–water partition coefficient (Wildman–Crippen LogP) is 4.22. The minimum absolute atomic E-state index is 0.0826. The molecule has 0 radical (unpaired) electrons. The van der Waals surface area contributed by atoms with E-state index < -0.39 is 17.8 Å². The number of carbonyl (C=O) groups is 3. The van der Waals surface area contributed by atoms with E-state index in [1.807, 2.05) is 58.0 Å². The van der Waals surface area contributed by atoms with Gasteiger partial charge in [0.1, 0.15) is 0 Å². The molecule has 2 aromatic carbocycles. The molecule has 2 aromatic rings. The molecule has 0 bridgehead atoms. The van der Waals surface area contributed by atoms with Gasteiger partial charge in [0.2, 0.25) is 5.91 Å². The maximum absolute atomic E-state index is 12.5. The van der Waals surface area contributed by atoms with E-state index in [2.05, 4.69) is 21.2 Å². The van der Waals surface area contributed by atoms with Crippen LogP contribution >= 0.6 is 15.9 Å². The molecule has 7 heteroatoms. The quantitative estimate of drug-likeness (QED) is 0.660. The van der Waals surface area contributed by atoms with Crippen molar-refractivity contribution in [2.24, 2.45) is 5.92 Å². The molecule has 158 valence electrons. The third kappa shape index (κ3) is 4.73. The fourth-order valence-corrected chi connectivity index (χ4v) is 4.13. The number of anilines is 2. The molecule has 30 heavy (non-hydrogen) atoms. The predicted molar refractivity (Wildman–Crippen MR) is 120 cm³/mol. The highest BCUT2D eigenvalue weighted by atomic mass is 79.9. The van der Waals surface area contributed by atoms with Gasteiger partial charge in [-0.3, -0.25) is 14.4 Å². The number of amides is 2. The maximum atomic E-state index is 12.5. The fraction of sp³-hybridized carbons (Fsp3) is 0.348. The van der Waals surface area contributed by atoms with Crippen molar-refractivity contribution in [3.63, 3.8) is 0 Å². The molecule has 0 aliphatic carbocycles. The van der Waals surface area contributed by atoms with E-state index in [-0.39, 0.29) is 25.5 Å². The van der Waals surface area contributed by atoms with Crippen LogP contribution in [0.1, 0.15) is 28.7 Å². The maximum Gasteiger partial charge on any atom is 0.311 e. The molecule has 2 amide bonds. The minimum Gasteiger partial charge on any atom is -0.455 e. The van der Waals surface area contributed by atoms with Crippen LogP contribution in [0.3, 0.4) is 0 Å². The highest BCUT2D eigenvalue weighted by Crippen LogP contribution is 2.31. The zero-order valence-electron chi connectivity index (χ0n) is 17.5. The number of benzene rings is 2. The minimum atomic E-state index is -0.582. The van der Waals surface area contributed by atoms with Crippen molar-refractivity contribution >= 4 is 45.1 Å². The lowest BCUT2D eigenvalue weighted by atomic mass is 10.1. The highest BCUT2D eigenvalue weighted by Gasteiger charge is 2.37. The van der Waals surface area contributed by atoms with Crippen molar-refractivity contribution in [1.82, 2.24) is 0 Å². The van der Waals surface area contributed by atoms with Crippen LogP contribution in [0.25, 0.3) is 0 Å². The highest BCUT2D eigenvalue weighted by molar-refractivity contribution is 9.10. The van der Waals surface area contributed by atoms with Gasteiger partial charge in [0.15, 0.2) is 6.61 Å². The summed E-state index contributed by atoms with van der Waals surface area (Å²) in [5.74, 6) is -1.64. The summed E-state index contributed by atoms with van der Waals surface area (Å²) >= 11 is 3.46. The molecular formula is C23H25BrN2O4. The van der Waals surface area contributed by atoms with Gasteiger partial charge in [0.25, 0.3) is 5.91 Å². The van der Waals surface area contributed by atoms with Crippen LogP contribution in [0.4, 0.5) is 11.4 Å². The molecule has 3 rings (SSSR count). The van der Waals surface area contributed by atoms with E-state index in [1.165, 1.54) is 0 Å². The smallest absolute Gasteiger partial charge is 0.311 e. The van der Waals surface area contributed by atoms with Gasteiger partial charge in [0, 0.05) is 28.8 Å². The number of halogens is 1. The summed E-state index contributed by atoms with van der Waals surface area (Å²) in [6.07, 6.45) is 0.0826. The standard InChI is InChI=1S/C23H25BrN2O4/c1-13-6-5-7-14(2)22(13)26-11-17(10-21(26)28)23(29)30-12-20(27)25-19-9-15(3)18(24)8-16(19)4/h5-9,17H,10-12H2,1-4H3,(H,25,27)/t17-/m0/s1. The van der Waals surface area contributed by atoms with Crippen molar-refractivity contribution in [2.45, 2.75) is 34.1 Å². The van der Waals surface area contributed by atoms with E-state index in [0.29, 0.717) is 5.69 Å². The molecule has 1 aliphatic rings. The molecule has 1 N–H and O–H groups in total. The first-order valence-corrected chi connectivity index (χ1v) is 10.6. The topological polar surface area (TPSA) is 75.7 Å². The molecule has 0 aromatic heterocycles. The third-order valence-corrected chi connectivity index (χ3v) is 6.15. The Bertz CT molecular complexity index is 998. The first kappa shape index (κ1) is 22.0. The Morgan fingerprint density at radius 3 is 2.43 bits per heavy atom. The SMILES string of the molecule is Cc1cc(NC(=O)COC(=O)[C@H]2CC(=O)N(c3c(C)cccc3C)C2)c(C)cc1Br. The zero-order chi connectivity index (χ0) is 22.0. The average molecular weight is 473 g/mol. The second-order valence-electron chi connectivity index (χ2n) is 7.72. The summed E-state index contributed by atoms with van der Waals surface area (Å²) in [4.78, 5) is 38.9. The number of aryl methyl sites for hydroxylation is 4. The summed E-state index contributed by atoms with van der Waals surface area (Å²) < 4.78 is 6.17. The van der Waals surface area contributed by atoms with Crippen LogP contribution in [0, 0.1) is 33.6 Å². The first-order valence-electron chi connectivity index (χ1n) is 9.77. The number of para-hydroxylation sites is 1. The summed E-state index contributed by atoms with van der Waals surface area (Å²) in [6, 6.07) is 9.60. The van der Waals surface area contributed by atoms with Gasteiger partial charge in [0.05, 0.1) is 5.92 Å². The number of rotatable bonds is 5. The molecule has 1 atom stereocenters. The van der Waals surface area contributed by atoms with Crippen LogP contribution in [-0.2, 0) is 19.1 Å². The average Bonchev–Trinajstić information content (AvgIpc) is 3.05. The molecule has 0 spiro atoms. The Labute approximate surface area is 184 Å². The Morgan fingerprint density at radius 2 is 1.77 bits per heavy atom. The zero-order valence-corrected chi connectivity index (χ0v) is 19.1. The van der Waals surface area contributed by atoms with Crippen molar-refractivity contribution in [3.8, 4) is 0 Å². The lowest BCUT2D eigenvalue weighted by Gasteiger charge is -2.21. The van der Waals surface area contributed by atoms with Gasteiger partial charge < -0.3 is 15.0 Å². The van der Waals surface area contributed by atoms with Crippen LogP contribution < -0.4 is 10.2 Å². The van der Waals surface area contributed by atoms with Crippen LogP contribution in [0.2, 0.25) is 0 Å². The second-order valence-corrected chi connectivity index (χ2v) is 8.57. The molecular weight excluding hydrogens is 448 g/mol. The lowest BCUT2D eigenvalue weighted by Crippen LogP contribution is -2.29. The number of nitrogens with one attached hydrogen (secondary N) is 1.